The molecule has 0 aliphatic heterocycles. The van der Waals surface area contributed by atoms with Crippen LogP contribution >= 0.6 is 0 Å². The van der Waals surface area contributed by atoms with E-state index in [-0.39, 0.29) is 11.9 Å². The summed E-state index contributed by atoms with van der Waals surface area (Å²) < 4.78 is 5.11. The Balaban J connectivity index is 2.54. The lowest BCUT2D eigenvalue weighted by atomic mass is 10.0. The minimum atomic E-state index is 0.152. The molecule has 1 atom stereocenters. The third-order valence-electron chi connectivity index (χ3n) is 2.52. The Hall–Kier alpha value is -1.15. The SMILES string of the molecule is COC(C)CCC(=O)c1cccc(C)c1. The fraction of sp³-hybridized carbons (Fsp3) is 0.462. The summed E-state index contributed by atoms with van der Waals surface area (Å²) in [5.41, 5.74) is 1.93. The molecule has 2 heteroatoms. The summed E-state index contributed by atoms with van der Waals surface area (Å²) in [5.74, 6) is 0.197. The van der Waals surface area contributed by atoms with Crippen molar-refractivity contribution in [2.24, 2.45) is 0 Å². The van der Waals surface area contributed by atoms with Gasteiger partial charge in [-0.05, 0) is 26.3 Å². The molecule has 0 fully saturated rings. The first-order valence-corrected chi connectivity index (χ1v) is 5.26. The molecule has 1 unspecified atom stereocenters. The molecule has 2 nitrogen and oxygen atoms in total. The lowest BCUT2D eigenvalue weighted by molar-refractivity contribution is 0.0877. The van der Waals surface area contributed by atoms with Crippen molar-refractivity contribution in [2.45, 2.75) is 32.8 Å². The summed E-state index contributed by atoms with van der Waals surface area (Å²) in [6, 6.07) is 7.71. The number of benzene rings is 1. The van der Waals surface area contributed by atoms with Crippen molar-refractivity contribution in [3.63, 3.8) is 0 Å². The zero-order valence-electron chi connectivity index (χ0n) is 9.62. The summed E-state index contributed by atoms with van der Waals surface area (Å²) >= 11 is 0. The average Bonchev–Trinajstić information content (AvgIpc) is 2.25. The molecule has 0 radical (unpaired) electrons. The predicted molar refractivity (Wildman–Crippen MR) is 61.2 cm³/mol. The minimum Gasteiger partial charge on any atom is -0.382 e. The van der Waals surface area contributed by atoms with Gasteiger partial charge in [-0.25, -0.2) is 0 Å². The van der Waals surface area contributed by atoms with Gasteiger partial charge < -0.3 is 4.74 Å². The molecular formula is C13H18O2. The van der Waals surface area contributed by atoms with Gasteiger partial charge in [0.1, 0.15) is 0 Å². The van der Waals surface area contributed by atoms with Gasteiger partial charge in [0.2, 0.25) is 0 Å². The second-order valence-corrected chi connectivity index (χ2v) is 3.88. The van der Waals surface area contributed by atoms with Crippen molar-refractivity contribution >= 4 is 5.78 Å². The quantitative estimate of drug-likeness (QED) is 0.692. The molecule has 1 aromatic carbocycles. The summed E-state index contributed by atoms with van der Waals surface area (Å²) in [6.45, 7) is 3.97. The monoisotopic (exact) mass is 206 g/mol. The van der Waals surface area contributed by atoms with Crippen molar-refractivity contribution in [3.05, 3.63) is 35.4 Å². The molecule has 0 saturated carbocycles. The number of carbonyl (C=O) groups excluding carboxylic acids is 1. The van der Waals surface area contributed by atoms with E-state index in [0.717, 1.165) is 17.5 Å². The summed E-state index contributed by atoms with van der Waals surface area (Å²) in [4.78, 5) is 11.8. The normalized spacial score (nSPS) is 12.5. The molecule has 0 heterocycles. The summed E-state index contributed by atoms with van der Waals surface area (Å²) in [6.07, 6.45) is 1.49. The van der Waals surface area contributed by atoms with Gasteiger partial charge in [-0.15, -0.1) is 0 Å². The zero-order valence-corrected chi connectivity index (χ0v) is 9.62. The van der Waals surface area contributed by atoms with E-state index in [2.05, 4.69) is 0 Å². The molecule has 0 aliphatic carbocycles. The van der Waals surface area contributed by atoms with E-state index < -0.39 is 0 Å². The number of ether oxygens (including phenoxy) is 1. The molecule has 0 amide bonds. The van der Waals surface area contributed by atoms with E-state index in [0.29, 0.717) is 6.42 Å². The van der Waals surface area contributed by atoms with Gasteiger partial charge in [-0.2, -0.15) is 0 Å². The van der Waals surface area contributed by atoms with Crippen LogP contribution in [-0.4, -0.2) is 19.0 Å². The maximum Gasteiger partial charge on any atom is 0.162 e. The molecule has 0 bridgehead atoms. The highest BCUT2D eigenvalue weighted by molar-refractivity contribution is 5.96. The van der Waals surface area contributed by atoms with Gasteiger partial charge in [0.05, 0.1) is 6.10 Å². The van der Waals surface area contributed by atoms with Gasteiger partial charge >= 0.3 is 0 Å². The van der Waals surface area contributed by atoms with E-state index in [9.17, 15) is 4.79 Å². The Morgan fingerprint density at radius 2 is 2.20 bits per heavy atom. The number of ketones is 1. The Labute approximate surface area is 91.3 Å². The highest BCUT2D eigenvalue weighted by Gasteiger charge is 2.08. The number of Topliss-reactive ketones (excluding diaryl/α,β-unsaturated/α-hetero) is 1. The first-order chi connectivity index (χ1) is 7.13. The third kappa shape index (κ3) is 3.84. The van der Waals surface area contributed by atoms with Crippen LogP contribution in [0.1, 0.15) is 35.7 Å². The molecule has 15 heavy (non-hydrogen) atoms. The van der Waals surface area contributed by atoms with E-state index in [4.69, 9.17) is 4.74 Å². The highest BCUT2D eigenvalue weighted by atomic mass is 16.5. The fourth-order valence-electron chi connectivity index (χ4n) is 1.42. The third-order valence-corrected chi connectivity index (χ3v) is 2.52. The minimum absolute atomic E-state index is 0.152. The topological polar surface area (TPSA) is 26.3 Å². The molecule has 0 aliphatic rings. The molecule has 82 valence electrons. The second kappa shape index (κ2) is 5.66. The van der Waals surface area contributed by atoms with E-state index in [1.807, 2.05) is 38.1 Å². The Morgan fingerprint density at radius 1 is 1.47 bits per heavy atom. The van der Waals surface area contributed by atoms with Gasteiger partial charge in [0.25, 0.3) is 0 Å². The number of aryl methyl sites for hydroxylation is 1. The standard InChI is InChI=1S/C13H18O2/c1-10-5-4-6-12(9-10)13(14)8-7-11(2)15-3/h4-6,9,11H,7-8H2,1-3H3. The number of methoxy groups -OCH3 is 1. The number of hydrogen-bond donors (Lipinski definition) is 0. The van der Waals surface area contributed by atoms with Crippen LogP contribution in [0.15, 0.2) is 24.3 Å². The number of hydrogen-bond acceptors (Lipinski definition) is 2. The van der Waals surface area contributed by atoms with E-state index in [1.165, 1.54) is 0 Å². The molecule has 1 rings (SSSR count). The number of rotatable bonds is 5. The molecule has 0 aromatic heterocycles. The molecule has 0 spiro atoms. The second-order valence-electron chi connectivity index (χ2n) is 3.88. The first kappa shape index (κ1) is 11.9. The van der Waals surface area contributed by atoms with Crippen LogP contribution in [0.4, 0.5) is 0 Å². The van der Waals surface area contributed by atoms with Crippen LogP contribution in [0.2, 0.25) is 0 Å². The highest BCUT2D eigenvalue weighted by Crippen LogP contribution is 2.10. The van der Waals surface area contributed by atoms with Gasteiger partial charge in [0, 0.05) is 19.1 Å². The summed E-state index contributed by atoms with van der Waals surface area (Å²) in [7, 11) is 1.67. The van der Waals surface area contributed by atoms with Crippen LogP contribution in [-0.2, 0) is 4.74 Å². The van der Waals surface area contributed by atoms with Crippen molar-refractivity contribution in [2.75, 3.05) is 7.11 Å². The molecule has 0 N–H and O–H groups in total. The Bertz CT molecular complexity index is 331. The lowest BCUT2D eigenvalue weighted by Crippen LogP contribution is -2.08. The lowest BCUT2D eigenvalue weighted by Gasteiger charge is -2.08. The smallest absolute Gasteiger partial charge is 0.162 e. The van der Waals surface area contributed by atoms with Gasteiger partial charge in [0.15, 0.2) is 5.78 Å². The fourth-order valence-corrected chi connectivity index (χ4v) is 1.42. The van der Waals surface area contributed by atoms with Crippen molar-refractivity contribution in [3.8, 4) is 0 Å². The molecular weight excluding hydrogens is 188 g/mol. The maximum atomic E-state index is 11.8. The Kier molecular flexibility index (Phi) is 4.50. The van der Waals surface area contributed by atoms with Crippen LogP contribution < -0.4 is 0 Å². The predicted octanol–water partition coefficient (Wildman–Crippen LogP) is 2.99. The van der Waals surface area contributed by atoms with Crippen molar-refractivity contribution in [1.82, 2.24) is 0 Å². The Morgan fingerprint density at radius 3 is 2.80 bits per heavy atom. The maximum absolute atomic E-state index is 11.8. The van der Waals surface area contributed by atoms with E-state index in [1.54, 1.807) is 7.11 Å². The molecule has 1 aromatic rings. The van der Waals surface area contributed by atoms with Crippen LogP contribution in [0.3, 0.4) is 0 Å². The largest absolute Gasteiger partial charge is 0.382 e. The van der Waals surface area contributed by atoms with Crippen molar-refractivity contribution < 1.29 is 9.53 Å². The molecule has 0 saturated heterocycles. The van der Waals surface area contributed by atoms with Crippen LogP contribution in [0.5, 0.6) is 0 Å². The average molecular weight is 206 g/mol. The van der Waals surface area contributed by atoms with Crippen molar-refractivity contribution in [1.29, 1.82) is 0 Å². The first-order valence-electron chi connectivity index (χ1n) is 5.26. The van der Waals surface area contributed by atoms with E-state index >= 15 is 0 Å². The number of carbonyl (C=O) groups is 1. The van der Waals surface area contributed by atoms with Crippen LogP contribution in [0.25, 0.3) is 0 Å². The van der Waals surface area contributed by atoms with Crippen LogP contribution in [0, 0.1) is 6.92 Å². The summed E-state index contributed by atoms with van der Waals surface area (Å²) in [5, 5.41) is 0. The van der Waals surface area contributed by atoms with Gasteiger partial charge in [-0.3, -0.25) is 4.79 Å². The van der Waals surface area contributed by atoms with Gasteiger partial charge in [-0.1, -0.05) is 23.8 Å². The zero-order chi connectivity index (χ0) is 11.3.